The molecule has 0 N–H and O–H groups in total. The second kappa shape index (κ2) is 8.24. The lowest BCUT2D eigenvalue weighted by molar-refractivity contribution is 0.0378. The predicted octanol–water partition coefficient (Wildman–Crippen LogP) is 5.05. The molecule has 152 valence electrons. The van der Waals surface area contributed by atoms with Gasteiger partial charge in [0, 0.05) is 4.88 Å². The molecule has 0 saturated heterocycles. The van der Waals surface area contributed by atoms with Gasteiger partial charge in [-0.05, 0) is 50.1 Å². The first-order valence-electron chi connectivity index (χ1n) is 9.78. The van der Waals surface area contributed by atoms with Crippen molar-refractivity contribution in [2.24, 2.45) is 0 Å². The highest BCUT2D eigenvalue weighted by molar-refractivity contribution is 7.21. The number of esters is 1. The van der Waals surface area contributed by atoms with Gasteiger partial charge in [-0.3, -0.25) is 9.36 Å². The fraction of sp³-hybridized carbons (Fsp3) is 0.208. The standard InChI is InChI=1S/C24H22N2O3S/c1-15(2)29-24(28)19-11-7-8-17(12-19)14-26-16(3)25-22-20(23(26)27)13-21(30-22)18-9-5-4-6-10-18/h4-13,15H,14H2,1-3H3. The predicted molar refractivity (Wildman–Crippen MR) is 120 cm³/mol. The summed E-state index contributed by atoms with van der Waals surface area (Å²) in [5, 5.41) is 0.611. The highest BCUT2D eigenvalue weighted by atomic mass is 32.1. The quantitative estimate of drug-likeness (QED) is 0.426. The molecule has 6 heteroatoms. The summed E-state index contributed by atoms with van der Waals surface area (Å²) in [5.74, 6) is 0.277. The summed E-state index contributed by atoms with van der Waals surface area (Å²) < 4.78 is 6.92. The summed E-state index contributed by atoms with van der Waals surface area (Å²) in [6, 6.07) is 19.1. The number of carbonyl (C=O) groups is 1. The molecule has 0 bridgehead atoms. The van der Waals surface area contributed by atoms with Gasteiger partial charge in [-0.25, -0.2) is 9.78 Å². The Morgan fingerprint density at radius 3 is 2.60 bits per heavy atom. The number of nitrogens with zero attached hydrogens (tertiary/aromatic N) is 2. The van der Waals surface area contributed by atoms with Crippen LogP contribution in [0.2, 0.25) is 0 Å². The van der Waals surface area contributed by atoms with Gasteiger partial charge >= 0.3 is 5.97 Å². The van der Waals surface area contributed by atoms with Gasteiger partial charge in [0.2, 0.25) is 0 Å². The lowest BCUT2D eigenvalue weighted by Crippen LogP contribution is -2.24. The average Bonchev–Trinajstić information content (AvgIpc) is 3.16. The summed E-state index contributed by atoms with van der Waals surface area (Å²) in [6.45, 7) is 5.80. The van der Waals surface area contributed by atoms with Crippen molar-refractivity contribution in [2.45, 2.75) is 33.4 Å². The summed E-state index contributed by atoms with van der Waals surface area (Å²) in [6.07, 6.45) is -0.185. The van der Waals surface area contributed by atoms with Gasteiger partial charge in [0.1, 0.15) is 10.7 Å². The number of hydrogen-bond acceptors (Lipinski definition) is 5. The molecule has 4 aromatic rings. The third kappa shape index (κ3) is 4.04. The van der Waals surface area contributed by atoms with E-state index in [0.717, 1.165) is 20.8 Å². The molecule has 0 amide bonds. The first kappa shape index (κ1) is 20.0. The number of rotatable bonds is 5. The van der Waals surface area contributed by atoms with Crippen molar-refractivity contribution < 1.29 is 9.53 Å². The third-order valence-electron chi connectivity index (χ3n) is 4.75. The molecule has 0 fully saturated rings. The Morgan fingerprint density at radius 1 is 1.10 bits per heavy atom. The maximum atomic E-state index is 13.2. The Bertz CT molecular complexity index is 1270. The average molecular weight is 419 g/mol. The van der Waals surface area contributed by atoms with E-state index in [1.54, 1.807) is 22.8 Å². The van der Waals surface area contributed by atoms with Crippen LogP contribution in [-0.4, -0.2) is 21.6 Å². The molecule has 2 aromatic carbocycles. The van der Waals surface area contributed by atoms with E-state index in [2.05, 4.69) is 4.98 Å². The largest absolute Gasteiger partial charge is 0.459 e. The van der Waals surface area contributed by atoms with Crippen LogP contribution in [0.4, 0.5) is 0 Å². The van der Waals surface area contributed by atoms with Crippen molar-refractivity contribution in [3.05, 3.63) is 88.0 Å². The molecule has 0 aliphatic rings. The zero-order chi connectivity index (χ0) is 21.3. The number of aromatic nitrogens is 2. The van der Waals surface area contributed by atoms with Gasteiger partial charge in [0.15, 0.2) is 0 Å². The van der Waals surface area contributed by atoms with Crippen LogP contribution >= 0.6 is 11.3 Å². The minimum atomic E-state index is -0.366. The Labute approximate surface area is 178 Å². The Morgan fingerprint density at radius 2 is 1.87 bits per heavy atom. The molecule has 0 atom stereocenters. The van der Waals surface area contributed by atoms with Gasteiger partial charge in [0.25, 0.3) is 5.56 Å². The van der Waals surface area contributed by atoms with Crippen LogP contribution in [0.1, 0.15) is 35.6 Å². The van der Waals surface area contributed by atoms with Crippen LogP contribution in [-0.2, 0) is 11.3 Å². The molecule has 0 aliphatic heterocycles. The second-order valence-electron chi connectivity index (χ2n) is 7.40. The van der Waals surface area contributed by atoms with Crippen LogP contribution in [0.15, 0.2) is 65.5 Å². The van der Waals surface area contributed by atoms with Crippen LogP contribution < -0.4 is 5.56 Å². The van der Waals surface area contributed by atoms with E-state index in [9.17, 15) is 9.59 Å². The van der Waals surface area contributed by atoms with Crippen molar-refractivity contribution in [2.75, 3.05) is 0 Å². The van der Waals surface area contributed by atoms with Crippen molar-refractivity contribution in [3.8, 4) is 10.4 Å². The zero-order valence-corrected chi connectivity index (χ0v) is 17.9. The lowest BCUT2D eigenvalue weighted by atomic mass is 10.1. The van der Waals surface area contributed by atoms with Gasteiger partial charge in [0.05, 0.1) is 23.6 Å². The van der Waals surface area contributed by atoms with Crippen LogP contribution in [0.3, 0.4) is 0 Å². The maximum absolute atomic E-state index is 13.2. The van der Waals surface area contributed by atoms with E-state index in [1.807, 2.05) is 63.2 Å². The smallest absolute Gasteiger partial charge is 0.338 e. The number of carbonyl (C=O) groups excluding carboxylic acids is 1. The Hall–Kier alpha value is -3.25. The lowest BCUT2D eigenvalue weighted by Gasteiger charge is -2.11. The highest BCUT2D eigenvalue weighted by Crippen LogP contribution is 2.31. The molecular weight excluding hydrogens is 396 g/mol. The van der Waals surface area contributed by atoms with Crippen LogP contribution in [0, 0.1) is 6.92 Å². The molecule has 5 nitrogen and oxygen atoms in total. The van der Waals surface area contributed by atoms with E-state index in [4.69, 9.17) is 4.74 Å². The number of hydrogen-bond donors (Lipinski definition) is 0. The molecular formula is C24H22N2O3S. The van der Waals surface area contributed by atoms with E-state index in [1.165, 1.54) is 11.3 Å². The maximum Gasteiger partial charge on any atom is 0.338 e. The molecule has 0 radical (unpaired) electrons. The van der Waals surface area contributed by atoms with Crippen LogP contribution in [0.25, 0.3) is 20.7 Å². The summed E-state index contributed by atoms with van der Waals surface area (Å²) in [5.41, 5.74) is 2.31. The number of aryl methyl sites for hydroxylation is 1. The third-order valence-corrected chi connectivity index (χ3v) is 5.82. The van der Waals surface area contributed by atoms with Gasteiger partial charge in [-0.2, -0.15) is 0 Å². The fourth-order valence-electron chi connectivity index (χ4n) is 3.31. The highest BCUT2D eigenvalue weighted by Gasteiger charge is 2.14. The van der Waals surface area contributed by atoms with Crippen LogP contribution in [0.5, 0.6) is 0 Å². The number of ether oxygens (including phenoxy) is 1. The summed E-state index contributed by atoms with van der Waals surface area (Å²) in [4.78, 5) is 31.8. The van der Waals surface area contributed by atoms with E-state index in [-0.39, 0.29) is 17.6 Å². The van der Waals surface area contributed by atoms with Crippen molar-refractivity contribution in [3.63, 3.8) is 0 Å². The topological polar surface area (TPSA) is 61.2 Å². The SMILES string of the molecule is Cc1nc2sc(-c3ccccc3)cc2c(=O)n1Cc1cccc(C(=O)OC(C)C)c1. The molecule has 0 spiro atoms. The van der Waals surface area contributed by atoms with Gasteiger partial charge in [-0.15, -0.1) is 11.3 Å². The first-order chi connectivity index (χ1) is 14.4. The minimum absolute atomic E-state index is 0.0777. The molecule has 0 aliphatic carbocycles. The normalized spacial score (nSPS) is 11.2. The van der Waals surface area contributed by atoms with Gasteiger partial charge in [-0.1, -0.05) is 42.5 Å². The molecule has 2 aromatic heterocycles. The summed E-state index contributed by atoms with van der Waals surface area (Å²) >= 11 is 1.52. The zero-order valence-electron chi connectivity index (χ0n) is 17.1. The van der Waals surface area contributed by atoms with E-state index < -0.39 is 0 Å². The number of thiophene rings is 1. The summed E-state index contributed by atoms with van der Waals surface area (Å²) in [7, 11) is 0. The number of fused-ring (bicyclic) bond motifs is 1. The monoisotopic (exact) mass is 418 g/mol. The van der Waals surface area contributed by atoms with Gasteiger partial charge < -0.3 is 4.74 Å². The van der Waals surface area contributed by atoms with E-state index >= 15 is 0 Å². The Kier molecular flexibility index (Phi) is 5.50. The second-order valence-corrected chi connectivity index (χ2v) is 8.43. The minimum Gasteiger partial charge on any atom is -0.459 e. The molecule has 2 heterocycles. The van der Waals surface area contributed by atoms with Crippen molar-refractivity contribution >= 4 is 27.5 Å². The first-order valence-corrected chi connectivity index (χ1v) is 10.6. The molecule has 0 saturated carbocycles. The molecule has 0 unspecified atom stereocenters. The molecule has 4 rings (SSSR count). The number of benzene rings is 2. The van der Waals surface area contributed by atoms with E-state index in [0.29, 0.717) is 23.3 Å². The fourth-order valence-corrected chi connectivity index (χ4v) is 4.38. The molecule has 30 heavy (non-hydrogen) atoms. The van der Waals surface area contributed by atoms with Crippen molar-refractivity contribution in [1.82, 2.24) is 9.55 Å². The Balaban J connectivity index is 1.70. The van der Waals surface area contributed by atoms with Crippen molar-refractivity contribution in [1.29, 1.82) is 0 Å².